The molecule has 0 atom stereocenters. The molecule has 0 unspecified atom stereocenters. The van der Waals surface area contributed by atoms with Crippen LogP contribution in [-0.2, 0) is 14.8 Å². The van der Waals surface area contributed by atoms with Gasteiger partial charge in [-0.15, -0.1) is 10.2 Å². The van der Waals surface area contributed by atoms with Gasteiger partial charge in [0.1, 0.15) is 5.01 Å². The predicted molar refractivity (Wildman–Crippen MR) is 84.9 cm³/mol. The number of morpholine rings is 1. The lowest BCUT2D eigenvalue weighted by Crippen LogP contribution is -2.36. The van der Waals surface area contributed by atoms with E-state index in [1.165, 1.54) is 0 Å². The number of nitrogens with one attached hydrogen (secondary N) is 1. The molecule has 1 aromatic heterocycles. The minimum Gasteiger partial charge on any atom is -0.378 e. The molecule has 0 radical (unpaired) electrons. The average Bonchev–Trinajstić information content (AvgIpc) is 2.96. The van der Waals surface area contributed by atoms with Crippen LogP contribution in [0.2, 0.25) is 0 Å². The summed E-state index contributed by atoms with van der Waals surface area (Å²) in [5.41, 5.74) is 1.56. The van der Waals surface area contributed by atoms with E-state index < -0.39 is 10.0 Å². The van der Waals surface area contributed by atoms with Gasteiger partial charge in [0.05, 0.1) is 13.2 Å². The van der Waals surface area contributed by atoms with Gasteiger partial charge in [0.25, 0.3) is 14.4 Å². The summed E-state index contributed by atoms with van der Waals surface area (Å²) in [5.74, 6) is 0. The summed E-state index contributed by atoms with van der Waals surface area (Å²) < 4.78 is 32.1. The number of ether oxygens (including phenoxy) is 1. The van der Waals surface area contributed by atoms with Gasteiger partial charge in [0.2, 0.25) is 0 Å². The van der Waals surface area contributed by atoms with E-state index in [9.17, 15) is 8.42 Å². The summed E-state index contributed by atoms with van der Waals surface area (Å²) in [4.78, 5) is 2.20. The number of aromatic nitrogens is 2. The maximum atomic E-state index is 12.2. The lowest BCUT2D eigenvalue weighted by Gasteiger charge is -2.28. The normalized spacial score (nSPS) is 15.8. The number of aryl methyl sites for hydroxylation is 1. The van der Waals surface area contributed by atoms with Crippen molar-refractivity contribution in [3.05, 3.63) is 29.3 Å². The Morgan fingerprint density at radius 3 is 2.45 bits per heavy atom. The average molecular weight is 340 g/mol. The first-order chi connectivity index (χ1) is 10.5. The van der Waals surface area contributed by atoms with Crippen LogP contribution in [0.4, 0.5) is 11.4 Å². The van der Waals surface area contributed by atoms with Crippen molar-refractivity contribution in [2.24, 2.45) is 0 Å². The summed E-state index contributed by atoms with van der Waals surface area (Å²) in [7, 11) is -3.67. The van der Waals surface area contributed by atoms with E-state index in [1.54, 1.807) is 19.1 Å². The minimum absolute atomic E-state index is 0.0257. The highest BCUT2D eigenvalue weighted by Gasteiger charge is 2.19. The Bertz CT molecular complexity index is 737. The molecule has 1 saturated heterocycles. The molecule has 0 bridgehead atoms. The molecule has 118 valence electrons. The van der Waals surface area contributed by atoms with E-state index in [0.717, 1.165) is 30.1 Å². The van der Waals surface area contributed by atoms with Gasteiger partial charge < -0.3 is 9.64 Å². The van der Waals surface area contributed by atoms with Crippen molar-refractivity contribution in [1.29, 1.82) is 0 Å². The number of hydrogen-bond acceptors (Lipinski definition) is 7. The smallest absolute Gasteiger partial charge is 0.291 e. The number of anilines is 2. The van der Waals surface area contributed by atoms with Crippen LogP contribution in [0.1, 0.15) is 5.01 Å². The Kier molecular flexibility index (Phi) is 4.27. The van der Waals surface area contributed by atoms with Crippen LogP contribution in [0, 0.1) is 6.92 Å². The monoisotopic (exact) mass is 340 g/mol. The standard InChI is InChI=1S/C13H16N4O3S2/c1-10-14-15-13(21-10)22(18,19)16-11-2-4-12(5-3-11)17-6-8-20-9-7-17/h2-5,16H,6-9H2,1H3. The molecule has 3 rings (SSSR count). The Morgan fingerprint density at radius 2 is 1.86 bits per heavy atom. The summed E-state index contributed by atoms with van der Waals surface area (Å²) in [6.07, 6.45) is 0. The quantitative estimate of drug-likeness (QED) is 0.908. The molecule has 9 heteroatoms. The maximum Gasteiger partial charge on any atom is 0.291 e. The molecule has 0 amide bonds. The Balaban J connectivity index is 1.73. The van der Waals surface area contributed by atoms with E-state index in [-0.39, 0.29) is 4.34 Å². The van der Waals surface area contributed by atoms with Crippen LogP contribution in [0.15, 0.2) is 28.6 Å². The van der Waals surface area contributed by atoms with Gasteiger partial charge in [-0.2, -0.15) is 8.42 Å². The molecule has 1 N–H and O–H groups in total. The number of benzene rings is 1. The van der Waals surface area contributed by atoms with Gasteiger partial charge in [-0.05, 0) is 31.2 Å². The second-order valence-electron chi connectivity index (χ2n) is 4.84. The second-order valence-corrected chi connectivity index (χ2v) is 7.88. The molecule has 1 aliphatic rings. The van der Waals surface area contributed by atoms with Crippen LogP contribution in [-0.4, -0.2) is 44.9 Å². The van der Waals surface area contributed by atoms with E-state index >= 15 is 0 Å². The predicted octanol–water partition coefficient (Wildman–Crippen LogP) is 1.48. The molecule has 1 aromatic carbocycles. The highest BCUT2D eigenvalue weighted by atomic mass is 32.2. The zero-order valence-electron chi connectivity index (χ0n) is 12.0. The van der Waals surface area contributed by atoms with Crippen molar-refractivity contribution in [2.45, 2.75) is 11.3 Å². The first-order valence-electron chi connectivity index (χ1n) is 6.80. The molecule has 1 fully saturated rings. The highest BCUT2D eigenvalue weighted by Crippen LogP contribution is 2.22. The van der Waals surface area contributed by atoms with Crippen molar-refractivity contribution in [1.82, 2.24) is 10.2 Å². The van der Waals surface area contributed by atoms with E-state index in [4.69, 9.17) is 4.74 Å². The van der Waals surface area contributed by atoms with Crippen molar-refractivity contribution >= 4 is 32.7 Å². The van der Waals surface area contributed by atoms with Gasteiger partial charge in [-0.3, -0.25) is 4.72 Å². The second kappa shape index (κ2) is 6.19. The van der Waals surface area contributed by atoms with E-state index in [0.29, 0.717) is 23.9 Å². The molecular weight excluding hydrogens is 324 g/mol. The lowest BCUT2D eigenvalue weighted by molar-refractivity contribution is 0.122. The minimum atomic E-state index is -3.67. The molecule has 2 aromatic rings. The van der Waals surface area contributed by atoms with Crippen LogP contribution in [0.3, 0.4) is 0 Å². The number of sulfonamides is 1. The molecule has 22 heavy (non-hydrogen) atoms. The van der Waals surface area contributed by atoms with Gasteiger partial charge in [0.15, 0.2) is 0 Å². The molecule has 2 heterocycles. The van der Waals surface area contributed by atoms with Gasteiger partial charge in [0, 0.05) is 24.5 Å². The van der Waals surface area contributed by atoms with Crippen molar-refractivity contribution < 1.29 is 13.2 Å². The maximum absolute atomic E-state index is 12.2. The van der Waals surface area contributed by atoms with Crippen LogP contribution < -0.4 is 9.62 Å². The Hall–Kier alpha value is -1.71. The van der Waals surface area contributed by atoms with Crippen LogP contribution in [0.25, 0.3) is 0 Å². The van der Waals surface area contributed by atoms with Crippen LogP contribution >= 0.6 is 11.3 Å². The first-order valence-corrected chi connectivity index (χ1v) is 9.10. The zero-order chi connectivity index (χ0) is 15.6. The molecule has 0 spiro atoms. The largest absolute Gasteiger partial charge is 0.378 e. The molecule has 0 aliphatic carbocycles. The summed E-state index contributed by atoms with van der Waals surface area (Å²) in [6, 6.07) is 7.29. The van der Waals surface area contributed by atoms with E-state index in [2.05, 4.69) is 19.8 Å². The van der Waals surface area contributed by atoms with Crippen molar-refractivity contribution in [2.75, 3.05) is 35.9 Å². The fourth-order valence-corrected chi connectivity index (χ4v) is 4.17. The number of rotatable bonds is 4. The van der Waals surface area contributed by atoms with Crippen molar-refractivity contribution in [3.8, 4) is 0 Å². The molecule has 7 nitrogen and oxygen atoms in total. The zero-order valence-corrected chi connectivity index (χ0v) is 13.7. The molecule has 0 saturated carbocycles. The molecular formula is C13H16N4O3S2. The van der Waals surface area contributed by atoms with Gasteiger partial charge in [-0.1, -0.05) is 11.3 Å². The third kappa shape index (κ3) is 3.37. The Morgan fingerprint density at radius 1 is 1.18 bits per heavy atom. The SMILES string of the molecule is Cc1nnc(S(=O)(=O)Nc2ccc(N3CCOCC3)cc2)s1. The van der Waals surface area contributed by atoms with Crippen LogP contribution in [0.5, 0.6) is 0 Å². The fourth-order valence-electron chi connectivity index (χ4n) is 2.15. The third-order valence-electron chi connectivity index (χ3n) is 3.23. The van der Waals surface area contributed by atoms with Crippen molar-refractivity contribution in [3.63, 3.8) is 0 Å². The summed E-state index contributed by atoms with van der Waals surface area (Å²) in [5, 5.41) is 8.02. The lowest BCUT2D eigenvalue weighted by atomic mass is 10.2. The number of nitrogens with zero attached hydrogens (tertiary/aromatic N) is 3. The first kappa shape index (κ1) is 15.2. The molecule has 1 aliphatic heterocycles. The fraction of sp³-hybridized carbons (Fsp3) is 0.385. The highest BCUT2D eigenvalue weighted by molar-refractivity contribution is 7.94. The summed E-state index contributed by atoms with van der Waals surface area (Å²) >= 11 is 1.04. The topological polar surface area (TPSA) is 84.4 Å². The van der Waals surface area contributed by atoms with Gasteiger partial charge >= 0.3 is 0 Å². The Labute approximate surface area is 133 Å². The third-order valence-corrected chi connectivity index (χ3v) is 5.82. The van der Waals surface area contributed by atoms with Gasteiger partial charge in [-0.25, -0.2) is 0 Å². The van der Waals surface area contributed by atoms with E-state index in [1.807, 2.05) is 12.1 Å². The number of hydrogen-bond donors (Lipinski definition) is 1. The summed E-state index contributed by atoms with van der Waals surface area (Å²) in [6.45, 7) is 4.83.